The largest absolute Gasteiger partial charge is 0.383 e. The summed E-state index contributed by atoms with van der Waals surface area (Å²) in [5.41, 5.74) is 6.39. The van der Waals surface area contributed by atoms with E-state index in [1.165, 1.54) is 17.8 Å². The van der Waals surface area contributed by atoms with Gasteiger partial charge in [-0.25, -0.2) is 9.97 Å². The van der Waals surface area contributed by atoms with Gasteiger partial charge in [0.05, 0.1) is 0 Å². The van der Waals surface area contributed by atoms with E-state index in [4.69, 9.17) is 5.73 Å². The third kappa shape index (κ3) is 3.55. The first-order chi connectivity index (χ1) is 9.08. The van der Waals surface area contributed by atoms with Crippen LogP contribution in [0.4, 0.5) is 5.82 Å². The maximum absolute atomic E-state index is 11.3. The Labute approximate surface area is 114 Å². The highest BCUT2D eigenvalue weighted by Crippen LogP contribution is 2.24. The first kappa shape index (κ1) is 13.6. The quantitative estimate of drug-likeness (QED) is 0.726. The van der Waals surface area contributed by atoms with Gasteiger partial charge < -0.3 is 16.0 Å². The second-order valence-electron chi connectivity index (χ2n) is 4.02. The van der Waals surface area contributed by atoms with Gasteiger partial charge in [0.2, 0.25) is 0 Å². The number of hydrogen-bond acceptors (Lipinski definition) is 6. The number of nitrogen functional groups attached to an aromatic ring is 1. The molecule has 0 aromatic carbocycles. The van der Waals surface area contributed by atoms with Gasteiger partial charge in [-0.2, -0.15) is 0 Å². The molecule has 0 aliphatic heterocycles. The van der Waals surface area contributed by atoms with Crippen molar-refractivity contribution < 1.29 is 0 Å². The van der Waals surface area contributed by atoms with E-state index in [0.29, 0.717) is 5.16 Å². The molecule has 0 saturated heterocycles. The highest BCUT2D eigenvalue weighted by molar-refractivity contribution is 7.99. The van der Waals surface area contributed by atoms with Crippen LogP contribution < -0.4 is 16.6 Å². The van der Waals surface area contributed by atoms with Crippen molar-refractivity contribution in [2.45, 2.75) is 23.1 Å². The summed E-state index contributed by atoms with van der Waals surface area (Å²) in [6.45, 7) is 2.06. The number of nitrogens with one attached hydrogen (secondary N) is 2. The highest BCUT2D eigenvalue weighted by Gasteiger charge is 2.07. The zero-order valence-electron chi connectivity index (χ0n) is 10.7. The van der Waals surface area contributed by atoms with Crippen molar-refractivity contribution in [1.29, 1.82) is 0 Å². The standard InChI is InChI=1S/C12H15N5OS/c1-7(14-2)8-3-4-15-11(5-8)19-12-16-9(13)6-10(18)17-12/h3-7,14H,1-2H3,(H3,13,16,17,18). The average molecular weight is 277 g/mol. The van der Waals surface area contributed by atoms with Crippen molar-refractivity contribution in [3.8, 4) is 0 Å². The molecule has 6 nitrogen and oxygen atoms in total. The number of aromatic amines is 1. The summed E-state index contributed by atoms with van der Waals surface area (Å²) in [6.07, 6.45) is 1.73. The Hall–Kier alpha value is -1.86. The lowest BCUT2D eigenvalue weighted by Gasteiger charge is -2.11. The summed E-state index contributed by atoms with van der Waals surface area (Å²) < 4.78 is 0. The van der Waals surface area contributed by atoms with Gasteiger partial charge in [0.25, 0.3) is 5.56 Å². The first-order valence-corrected chi connectivity index (χ1v) is 6.58. The van der Waals surface area contributed by atoms with Crippen LogP contribution in [0.2, 0.25) is 0 Å². The molecule has 1 unspecified atom stereocenters. The first-order valence-electron chi connectivity index (χ1n) is 5.76. The Balaban J connectivity index is 2.25. The van der Waals surface area contributed by atoms with Gasteiger partial charge in [0.1, 0.15) is 10.8 Å². The number of hydrogen-bond donors (Lipinski definition) is 3. The molecule has 0 spiro atoms. The summed E-state index contributed by atoms with van der Waals surface area (Å²) in [6, 6.07) is 5.38. The molecule has 2 aromatic heterocycles. The fourth-order valence-electron chi connectivity index (χ4n) is 1.52. The molecule has 0 bridgehead atoms. The van der Waals surface area contributed by atoms with Gasteiger partial charge >= 0.3 is 0 Å². The number of rotatable bonds is 4. The van der Waals surface area contributed by atoms with Gasteiger partial charge in [-0.3, -0.25) is 4.79 Å². The SMILES string of the molecule is CNC(C)c1ccnc(Sc2nc(N)cc(=O)[nH]2)c1. The molecule has 2 heterocycles. The van der Waals surface area contributed by atoms with Crippen LogP contribution in [0.1, 0.15) is 18.5 Å². The van der Waals surface area contributed by atoms with Crippen LogP contribution in [0.25, 0.3) is 0 Å². The van der Waals surface area contributed by atoms with Crippen LogP contribution in [0, 0.1) is 0 Å². The van der Waals surface area contributed by atoms with E-state index in [9.17, 15) is 4.79 Å². The molecule has 19 heavy (non-hydrogen) atoms. The van der Waals surface area contributed by atoms with Crippen molar-refractivity contribution in [2.24, 2.45) is 0 Å². The predicted octanol–water partition coefficient (Wildman–Crippen LogP) is 1.18. The van der Waals surface area contributed by atoms with Crippen molar-refractivity contribution in [1.82, 2.24) is 20.3 Å². The molecular weight excluding hydrogens is 262 g/mol. The Morgan fingerprint density at radius 1 is 1.47 bits per heavy atom. The fraction of sp³-hybridized carbons (Fsp3) is 0.250. The minimum Gasteiger partial charge on any atom is -0.383 e. The zero-order valence-corrected chi connectivity index (χ0v) is 11.5. The highest BCUT2D eigenvalue weighted by atomic mass is 32.2. The average Bonchev–Trinajstić information content (AvgIpc) is 2.37. The topological polar surface area (TPSA) is 96.7 Å². The molecule has 0 saturated carbocycles. The second-order valence-corrected chi connectivity index (χ2v) is 5.02. The predicted molar refractivity (Wildman–Crippen MR) is 75.1 cm³/mol. The molecule has 7 heteroatoms. The molecule has 0 radical (unpaired) electrons. The molecule has 0 amide bonds. The van der Waals surface area contributed by atoms with E-state index in [-0.39, 0.29) is 17.4 Å². The summed E-state index contributed by atoms with van der Waals surface area (Å²) in [5, 5.41) is 4.35. The molecule has 100 valence electrons. The van der Waals surface area contributed by atoms with E-state index < -0.39 is 0 Å². The minimum absolute atomic E-state index is 0.200. The van der Waals surface area contributed by atoms with Crippen molar-refractivity contribution >= 4 is 17.6 Å². The molecule has 2 rings (SSSR count). The van der Waals surface area contributed by atoms with E-state index in [1.54, 1.807) is 6.20 Å². The normalized spacial score (nSPS) is 12.3. The fourth-order valence-corrected chi connectivity index (χ4v) is 2.33. The summed E-state index contributed by atoms with van der Waals surface area (Å²) >= 11 is 1.27. The Morgan fingerprint density at radius 3 is 2.95 bits per heavy atom. The van der Waals surface area contributed by atoms with Crippen LogP contribution in [0.5, 0.6) is 0 Å². The number of H-pyrrole nitrogens is 1. The van der Waals surface area contributed by atoms with Crippen molar-refractivity contribution in [3.63, 3.8) is 0 Å². The van der Waals surface area contributed by atoms with Crippen LogP contribution in [0.15, 0.2) is 39.4 Å². The number of nitrogens with two attached hydrogens (primary N) is 1. The van der Waals surface area contributed by atoms with Crippen LogP contribution in [-0.2, 0) is 0 Å². The van der Waals surface area contributed by atoms with E-state index in [1.807, 2.05) is 19.2 Å². The van der Waals surface area contributed by atoms with Crippen LogP contribution in [0.3, 0.4) is 0 Å². The molecule has 1 atom stereocenters. The van der Waals surface area contributed by atoms with Gasteiger partial charge in [0.15, 0.2) is 5.16 Å². The Kier molecular flexibility index (Phi) is 4.18. The summed E-state index contributed by atoms with van der Waals surface area (Å²) in [7, 11) is 1.90. The molecule has 0 aliphatic carbocycles. The lowest BCUT2D eigenvalue weighted by molar-refractivity contribution is 0.649. The minimum atomic E-state index is -0.269. The molecule has 2 aromatic rings. The smallest absolute Gasteiger partial charge is 0.253 e. The Bertz CT molecular complexity index is 628. The second kappa shape index (κ2) is 5.85. The summed E-state index contributed by atoms with van der Waals surface area (Å²) in [4.78, 5) is 22.2. The lowest BCUT2D eigenvalue weighted by atomic mass is 10.1. The van der Waals surface area contributed by atoms with Gasteiger partial charge in [-0.15, -0.1) is 0 Å². The van der Waals surface area contributed by atoms with Crippen LogP contribution in [-0.4, -0.2) is 22.0 Å². The third-order valence-corrected chi connectivity index (χ3v) is 3.45. The number of pyridine rings is 1. The maximum Gasteiger partial charge on any atom is 0.253 e. The third-order valence-electron chi connectivity index (χ3n) is 2.63. The zero-order chi connectivity index (χ0) is 13.8. The van der Waals surface area contributed by atoms with E-state index in [0.717, 1.165) is 10.6 Å². The Morgan fingerprint density at radius 2 is 2.26 bits per heavy atom. The molecule has 0 aliphatic rings. The molecule has 4 N–H and O–H groups in total. The van der Waals surface area contributed by atoms with E-state index in [2.05, 4.69) is 27.2 Å². The lowest BCUT2D eigenvalue weighted by Crippen LogP contribution is -2.12. The number of nitrogens with zero attached hydrogens (tertiary/aromatic N) is 2. The maximum atomic E-state index is 11.3. The number of anilines is 1. The summed E-state index contributed by atoms with van der Waals surface area (Å²) in [5.74, 6) is 0.200. The molecule has 0 fully saturated rings. The van der Waals surface area contributed by atoms with Gasteiger partial charge in [0, 0.05) is 18.3 Å². The van der Waals surface area contributed by atoms with Gasteiger partial charge in [-0.05, 0) is 43.4 Å². The van der Waals surface area contributed by atoms with E-state index >= 15 is 0 Å². The number of aromatic nitrogens is 3. The van der Waals surface area contributed by atoms with Crippen LogP contribution >= 0.6 is 11.8 Å². The monoisotopic (exact) mass is 277 g/mol. The van der Waals surface area contributed by atoms with Gasteiger partial charge in [-0.1, -0.05) is 0 Å². The molecular formula is C12H15N5OS. The van der Waals surface area contributed by atoms with Crippen molar-refractivity contribution in [2.75, 3.05) is 12.8 Å². The van der Waals surface area contributed by atoms with Crippen molar-refractivity contribution in [3.05, 3.63) is 40.3 Å².